The molecule has 0 fully saturated rings. The third-order valence-electron chi connectivity index (χ3n) is 4.14. The minimum absolute atomic E-state index is 0.157. The van der Waals surface area contributed by atoms with Gasteiger partial charge in [0.2, 0.25) is 0 Å². The van der Waals surface area contributed by atoms with E-state index in [-0.39, 0.29) is 6.29 Å². The Morgan fingerprint density at radius 1 is 0.786 bits per heavy atom. The van der Waals surface area contributed by atoms with E-state index < -0.39 is 17.2 Å². The van der Waals surface area contributed by atoms with Gasteiger partial charge in [0.05, 0.1) is 5.56 Å². The molecule has 0 amide bonds. The van der Waals surface area contributed by atoms with Gasteiger partial charge in [-0.25, -0.2) is 8.78 Å². The highest BCUT2D eigenvalue weighted by Gasteiger charge is 2.06. The van der Waals surface area contributed by atoms with Gasteiger partial charge < -0.3 is 5.32 Å². The van der Waals surface area contributed by atoms with Gasteiger partial charge in [-0.15, -0.1) is 0 Å². The Hall–Kier alpha value is -3.27. The summed E-state index contributed by atoms with van der Waals surface area (Å²) in [4.78, 5) is 9.97. The number of rotatable bonds is 4. The van der Waals surface area contributed by atoms with Crippen LogP contribution in [0.25, 0.3) is 5.57 Å². The van der Waals surface area contributed by atoms with Crippen LogP contribution in [-0.4, -0.2) is 13.3 Å². The predicted octanol–water partition coefficient (Wildman–Crippen LogP) is 6.35. The third kappa shape index (κ3) is 5.36. The van der Waals surface area contributed by atoms with Crippen molar-refractivity contribution in [2.24, 2.45) is 0 Å². The van der Waals surface area contributed by atoms with Crippen molar-refractivity contribution in [1.82, 2.24) is 0 Å². The lowest BCUT2D eigenvalue weighted by molar-refractivity contribution is 0.111. The molecule has 0 aliphatic carbocycles. The van der Waals surface area contributed by atoms with Gasteiger partial charge in [-0.1, -0.05) is 54.1 Å². The molecular weight excluding hydrogens is 356 g/mol. The van der Waals surface area contributed by atoms with Gasteiger partial charge in [0, 0.05) is 12.7 Å². The topological polar surface area (TPSA) is 29.1 Å². The second kappa shape index (κ2) is 10.2. The normalized spacial score (nSPS) is 9.75. The quantitative estimate of drug-likeness (QED) is 0.535. The predicted molar refractivity (Wildman–Crippen MR) is 112 cm³/mol. The first-order valence-corrected chi connectivity index (χ1v) is 8.88. The number of hydrogen-bond donors (Lipinski definition) is 1. The highest BCUT2D eigenvalue weighted by Crippen LogP contribution is 2.27. The molecule has 3 rings (SSSR count). The molecule has 4 heteroatoms. The number of allylic oxidation sites excluding steroid dienone is 1. The van der Waals surface area contributed by atoms with E-state index in [1.807, 2.05) is 7.05 Å². The first-order valence-electron chi connectivity index (χ1n) is 8.88. The van der Waals surface area contributed by atoms with Gasteiger partial charge in [-0.05, 0) is 54.8 Å². The summed E-state index contributed by atoms with van der Waals surface area (Å²) in [5, 5.41) is 3.15. The summed E-state index contributed by atoms with van der Waals surface area (Å²) in [5.74, 6) is -1.65. The van der Waals surface area contributed by atoms with Gasteiger partial charge in [-0.3, -0.25) is 4.79 Å². The van der Waals surface area contributed by atoms with Gasteiger partial charge >= 0.3 is 0 Å². The average Bonchev–Trinajstić information content (AvgIpc) is 2.70. The fourth-order valence-corrected chi connectivity index (χ4v) is 2.78. The highest BCUT2D eigenvalue weighted by molar-refractivity contribution is 5.82. The molecule has 3 aromatic rings. The average molecular weight is 379 g/mol. The van der Waals surface area contributed by atoms with Gasteiger partial charge in [0.1, 0.15) is 11.6 Å². The van der Waals surface area contributed by atoms with E-state index in [0.29, 0.717) is 0 Å². The second-order valence-corrected chi connectivity index (χ2v) is 6.32. The van der Waals surface area contributed by atoms with Crippen molar-refractivity contribution in [3.63, 3.8) is 0 Å². The Labute approximate surface area is 164 Å². The zero-order valence-electron chi connectivity index (χ0n) is 16.2. The summed E-state index contributed by atoms with van der Waals surface area (Å²) < 4.78 is 24.8. The smallest absolute Gasteiger partial charge is 0.155 e. The van der Waals surface area contributed by atoms with Crippen molar-refractivity contribution in [3.05, 3.63) is 107 Å². The van der Waals surface area contributed by atoms with Gasteiger partial charge in [0.25, 0.3) is 0 Å². The van der Waals surface area contributed by atoms with Crippen molar-refractivity contribution in [1.29, 1.82) is 0 Å². The van der Waals surface area contributed by atoms with E-state index in [2.05, 4.69) is 73.8 Å². The number of aldehydes is 1. The van der Waals surface area contributed by atoms with Crippen LogP contribution >= 0.6 is 0 Å². The van der Waals surface area contributed by atoms with Crippen LogP contribution in [0.2, 0.25) is 0 Å². The maximum atomic E-state index is 12.4. The van der Waals surface area contributed by atoms with Crippen LogP contribution in [0.5, 0.6) is 0 Å². The summed E-state index contributed by atoms with van der Waals surface area (Å²) >= 11 is 0. The fraction of sp³-hybridized carbons (Fsp3) is 0.125. The molecule has 0 aromatic heterocycles. The third-order valence-corrected chi connectivity index (χ3v) is 4.14. The van der Waals surface area contributed by atoms with Crippen LogP contribution in [0.15, 0.2) is 78.4 Å². The Bertz CT molecular complexity index is 924. The van der Waals surface area contributed by atoms with E-state index in [1.54, 1.807) is 0 Å². The van der Waals surface area contributed by atoms with Crippen LogP contribution in [0.4, 0.5) is 14.5 Å². The number of nitrogens with one attached hydrogen (secondary N) is 1. The van der Waals surface area contributed by atoms with Gasteiger partial charge in [-0.2, -0.15) is 0 Å². The molecule has 0 heterocycles. The fourth-order valence-electron chi connectivity index (χ4n) is 2.78. The molecule has 0 radical (unpaired) electrons. The first-order chi connectivity index (χ1) is 13.5. The van der Waals surface area contributed by atoms with E-state index in [0.717, 1.165) is 17.8 Å². The van der Waals surface area contributed by atoms with Crippen molar-refractivity contribution in [2.45, 2.75) is 13.8 Å². The Morgan fingerprint density at radius 3 is 1.75 bits per heavy atom. The van der Waals surface area contributed by atoms with Crippen molar-refractivity contribution in [2.75, 3.05) is 12.4 Å². The monoisotopic (exact) mass is 379 g/mol. The first kappa shape index (κ1) is 21.0. The molecule has 0 unspecified atom stereocenters. The highest BCUT2D eigenvalue weighted by atomic mass is 19.1. The lowest BCUT2D eigenvalue weighted by Gasteiger charge is -2.11. The molecular formula is C24H23F2NO. The van der Waals surface area contributed by atoms with Crippen LogP contribution < -0.4 is 5.32 Å². The molecule has 2 nitrogen and oxygen atoms in total. The van der Waals surface area contributed by atoms with Crippen molar-refractivity contribution >= 4 is 17.5 Å². The number of anilines is 1. The van der Waals surface area contributed by atoms with E-state index >= 15 is 0 Å². The molecule has 0 saturated carbocycles. The molecule has 0 saturated heterocycles. The molecule has 0 aliphatic rings. The SMILES string of the molecule is CNc1ccc(C(=C(C)C)c2ccccc2)cc1.O=Cc1c(F)cccc1F. The Balaban J connectivity index is 0.000000237. The van der Waals surface area contributed by atoms with Crippen LogP contribution in [0.3, 0.4) is 0 Å². The molecule has 0 bridgehead atoms. The second-order valence-electron chi connectivity index (χ2n) is 6.32. The summed E-state index contributed by atoms with van der Waals surface area (Å²) in [7, 11) is 1.94. The van der Waals surface area contributed by atoms with E-state index in [4.69, 9.17) is 0 Å². The largest absolute Gasteiger partial charge is 0.388 e. The Kier molecular flexibility index (Phi) is 7.64. The maximum absolute atomic E-state index is 12.4. The van der Waals surface area contributed by atoms with E-state index in [1.165, 1.54) is 28.3 Å². The molecule has 1 N–H and O–H groups in total. The lowest BCUT2D eigenvalue weighted by atomic mass is 9.94. The lowest BCUT2D eigenvalue weighted by Crippen LogP contribution is -1.92. The summed E-state index contributed by atoms with van der Waals surface area (Å²) in [5.41, 5.74) is 5.81. The van der Waals surface area contributed by atoms with Crippen LogP contribution in [0.1, 0.15) is 35.3 Å². The van der Waals surface area contributed by atoms with E-state index in [9.17, 15) is 13.6 Å². The zero-order valence-corrected chi connectivity index (χ0v) is 16.2. The number of carbonyl (C=O) groups is 1. The van der Waals surface area contributed by atoms with Crippen LogP contribution in [-0.2, 0) is 0 Å². The van der Waals surface area contributed by atoms with Gasteiger partial charge in [0.15, 0.2) is 6.29 Å². The molecule has 0 atom stereocenters. The zero-order chi connectivity index (χ0) is 20.5. The molecule has 144 valence electrons. The number of halogens is 2. The van der Waals surface area contributed by atoms with Crippen LogP contribution in [0, 0.1) is 11.6 Å². The molecule has 0 aliphatic heterocycles. The summed E-state index contributed by atoms with van der Waals surface area (Å²) in [6, 6.07) is 22.4. The van der Waals surface area contributed by atoms with Crippen molar-refractivity contribution in [3.8, 4) is 0 Å². The Morgan fingerprint density at radius 2 is 1.32 bits per heavy atom. The minimum atomic E-state index is -0.824. The minimum Gasteiger partial charge on any atom is -0.388 e. The number of hydrogen-bond acceptors (Lipinski definition) is 2. The summed E-state index contributed by atoms with van der Waals surface area (Å²) in [6.45, 7) is 4.32. The molecule has 3 aromatic carbocycles. The number of carbonyl (C=O) groups excluding carboxylic acids is 1. The number of benzene rings is 3. The maximum Gasteiger partial charge on any atom is 0.155 e. The van der Waals surface area contributed by atoms with Crippen molar-refractivity contribution < 1.29 is 13.6 Å². The molecule has 28 heavy (non-hydrogen) atoms. The standard InChI is InChI=1S/C17H19N.C7H4F2O/c1-13(2)17(14-7-5-4-6-8-14)15-9-11-16(18-3)12-10-15;8-6-2-1-3-7(9)5(6)4-10/h4-12,18H,1-3H3;1-4H. The molecule has 0 spiro atoms. The summed E-state index contributed by atoms with van der Waals surface area (Å²) in [6.07, 6.45) is 0.157.